The summed E-state index contributed by atoms with van der Waals surface area (Å²) in [5.41, 5.74) is 3.05. The molecule has 2 heteroatoms. The van der Waals surface area contributed by atoms with Gasteiger partial charge in [0.25, 0.3) is 0 Å². The molecule has 0 unspecified atom stereocenters. The summed E-state index contributed by atoms with van der Waals surface area (Å²) in [7, 11) is 0. The van der Waals surface area contributed by atoms with Gasteiger partial charge >= 0.3 is 23.1 Å². The van der Waals surface area contributed by atoms with Crippen molar-refractivity contribution in [2.75, 3.05) is 0 Å². The molecule has 0 fully saturated rings. The molecule has 0 nitrogen and oxygen atoms in total. The van der Waals surface area contributed by atoms with E-state index in [-0.39, 0.29) is 40.0 Å². The largest absolute Gasteiger partial charge is 2.00 e. The number of rotatable bonds is 0. The number of benzene rings is 1. The Bertz CT molecular complexity index is 200. The molecule has 0 aliphatic heterocycles. The van der Waals surface area contributed by atoms with Crippen molar-refractivity contribution in [3.05, 3.63) is 35.4 Å². The van der Waals surface area contributed by atoms with Gasteiger partial charge in [-0.25, -0.2) is 0 Å². The molecule has 1 aliphatic rings. The van der Waals surface area contributed by atoms with Gasteiger partial charge in [-0.15, -0.1) is 0 Å². The molecule has 54 valence electrons. The molecule has 0 saturated carbocycles. The fraction of sp³-hybridized carbons (Fsp3) is 0.333. The zero-order valence-corrected chi connectivity index (χ0v) is 9.44. The van der Waals surface area contributed by atoms with Crippen molar-refractivity contribution in [3.63, 3.8) is 0 Å². The fourth-order valence-corrected chi connectivity index (χ4v) is 1.44. The SMILES string of the molecule is [Br-].[Mg+2].[c-]1ccc2c(c1)CCC2. The van der Waals surface area contributed by atoms with Crippen molar-refractivity contribution in [2.45, 2.75) is 19.3 Å². The first-order chi connectivity index (χ1) is 4.47. The van der Waals surface area contributed by atoms with E-state index in [9.17, 15) is 0 Å². The Labute approximate surface area is 94.3 Å². The summed E-state index contributed by atoms with van der Waals surface area (Å²) in [5.74, 6) is 0. The van der Waals surface area contributed by atoms with Crippen LogP contribution < -0.4 is 17.0 Å². The molecule has 0 N–H and O–H groups in total. The maximum absolute atomic E-state index is 3.09. The summed E-state index contributed by atoms with van der Waals surface area (Å²) >= 11 is 0. The third kappa shape index (κ3) is 2.46. The van der Waals surface area contributed by atoms with Gasteiger partial charge < -0.3 is 17.0 Å². The van der Waals surface area contributed by atoms with E-state index in [0.717, 1.165) is 0 Å². The van der Waals surface area contributed by atoms with E-state index >= 15 is 0 Å². The van der Waals surface area contributed by atoms with Gasteiger partial charge in [-0.3, -0.25) is 0 Å². The third-order valence-electron chi connectivity index (χ3n) is 1.94. The number of aryl methyl sites for hydroxylation is 2. The van der Waals surface area contributed by atoms with E-state index in [1.807, 2.05) is 6.07 Å². The molecule has 0 saturated heterocycles. The van der Waals surface area contributed by atoms with Gasteiger partial charge in [-0.2, -0.15) is 35.4 Å². The van der Waals surface area contributed by atoms with Crippen LogP contribution >= 0.6 is 0 Å². The van der Waals surface area contributed by atoms with Crippen LogP contribution in [0.3, 0.4) is 0 Å². The first kappa shape index (κ1) is 11.5. The zero-order chi connectivity index (χ0) is 6.10. The molecule has 1 aromatic rings. The first-order valence-corrected chi connectivity index (χ1v) is 3.45. The second-order valence-electron chi connectivity index (χ2n) is 2.55. The molecule has 0 heterocycles. The number of hydrogen-bond donors (Lipinski definition) is 0. The first-order valence-electron chi connectivity index (χ1n) is 3.45. The average molecular weight is 221 g/mol. The minimum Gasteiger partial charge on any atom is -1.00 e. The molecule has 0 spiro atoms. The van der Waals surface area contributed by atoms with E-state index in [1.165, 1.54) is 30.4 Å². The predicted molar refractivity (Wildman–Crippen MR) is 43.1 cm³/mol. The summed E-state index contributed by atoms with van der Waals surface area (Å²) in [6.45, 7) is 0. The van der Waals surface area contributed by atoms with E-state index in [1.54, 1.807) is 0 Å². The van der Waals surface area contributed by atoms with Crippen LogP contribution in [0.4, 0.5) is 0 Å². The van der Waals surface area contributed by atoms with Gasteiger partial charge in [0.15, 0.2) is 0 Å². The molecular weight excluding hydrogens is 212 g/mol. The average Bonchev–Trinajstić information content (AvgIpc) is 2.33. The van der Waals surface area contributed by atoms with Crippen molar-refractivity contribution in [1.29, 1.82) is 0 Å². The standard InChI is InChI=1S/C9H9.BrH.Mg/c1-2-5-9-7-3-6-8(9)4-1;;/h1,4-5H,3,6-7H2;1H;/q-1;;+2/p-1. The van der Waals surface area contributed by atoms with Crippen LogP contribution in [0.5, 0.6) is 0 Å². The van der Waals surface area contributed by atoms with Crippen LogP contribution in [0, 0.1) is 6.07 Å². The summed E-state index contributed by atoms with van der Waals surface area (Å²) in [4.78, 5) is 0. The Morgan fingerprint density at radius 1 is 1.18 bits per heavy atom. The number of hydrogen-bond acceptors (Lipinski definition) is 0. The monoisotopic (exact) mass is 220 g/mol. The van der Waals surface area contributed by atoms with Crippen LogP contribution in [0.25, 0.3) is 0 Å². The van der Waals surface area contributed by atoms with Gasteiger partial charge in [0.2, 0.25) is 0 Å². The van der Waals surface area contributed by atoms with Gasteiger partial charge in [-0.05, 0) is 0 Å². The molecule has 1 aliphatic carbocycles. The van der Waals surface area contributed by atoms with Crippen molar-refractivity contribution < 1.29 is 17.0 Å². The smallest absolute Gasteiger partial charge is 1.00 e. The second-order valence-corrected chi connectivity index (χ2v) is 2.55. The minimum atomic E-state index is 0. The molecule has 0 amide bonds. The molecule has 2 rings (SSSR count). The molecule has 1 aromatic carbocycles. The van der Waals surface area contributed by atoms with Crippen molar-refractivity contribution >= 4 is 23.1 Å². The Morgan fingerprint density at radius 2 is 1.91 bits per heavy atom. The fourth-order valence-electron chi connectivity index (χ4n) is 1.44. The van der Waals surface area contributed by atoms with Crippen molar-refractivity contribution in [2.24, 2.45) is 0 Å². The molecule has 0 bridgehead atoms. The van der Waals surface area contributed by atoms with E-state index in [4.69, 9.17) is 0 Å². The van der Waals surface area contributed by atoms with Crippen molar-refractivity contribution in [3.8, 4) is 0 Å². The van der Waals surface area contributed by atoms with E-state index in [0.29, 0.717) is 0 Å². The molecule has 0 radical (unpaired) electrons. The summed E-state index contributed by atoms with van der Waals surface area (Å²) in [5, 5.41) is 0. The van der Waals surface area contributed by atoms with E-state index < -0.39 is 0 Å². The molecule has 0 atom stereocenters. The van der Waals surface area contributed by atoms with Gasteiger partial charge in [0.05, 0.1) is 0 Å². The summed E-state index contributed by atoms with van der Waals surface area (Å²) in [6.07, 6.45) is 3.89. The third-order valence-corrected chi connectivity index (χ3v) is 1.94. The van der Waals surface area contributed by atoms with Crippen LogP contribution in [-0.4, -0.2) is 23.1 Å². The van der Waals surface area contributed by atoms with Gasteiger partial charge in [-0.1, -0.05) is 19.3 Å². The normalized spacial score (nSPS) is 12.7. The minimum absolute atomic E-state index is 0. The Balaban J connectivity index is 0.000000500. The van der Waals surface area contributed by atoms with Crippen LogP contribution in [0.2, 0.25) is 0 Å². The predicted octanol–water partition coefficient (Wildman–Crippen LogP) is -1.40. The molecule has 0 aromatic heterocycles. The maximum Gasteiger partial charge on any atom is 2.00 e. The Hall–Kier alpha value is 0.466. The molecule has 11 heavy (non-hydrogen) atoms. The van der Waals surface area contributed by atoms with E-state index in [2.05, 4.69) is 18.2 Å². The number of fused-ring (bicyclic) bond motifs is 1. The van der Waals surface area contributed by atoms with Crippen LogP contribution in [0.1, 0.15) is 17.5 Å². The maximum atomic E-state index is 3.09. The number of halogens is 1. The Kier molecular flexibility index (Phi) is 5.39. The van der Waals surface area contributed by atoms with Crippen LogP contribution in [0.15, 0.2) is 18.2 Å². The van der Waals surface area contributed by atoms with Crippen LogP contribution in [-0.2, 0) is 12.8 Å². The van der Waals surface area contributed by atoms with Gasteiger partial charge in [0.1, 0.15) is 0 Å². The molecular formula is C9H9BrMg. The topological polar surface area (TPSA) is 0 Å². The quantitative estimate of drug-likeness (QED) is 0.373. The van der Waals surface area contributed by atoms with Crippen molar-refractivity contribution in [1.82, 2.24) is 0 Å². The van der Waals surface area contributed by atoms with Gasteiger partial charge in [0, 0.05) is 0 Å². The summed E-state index contributed by atoms with van der Waals surface area (Å²) in [6, 6.07) is 9.39. The zero-order valence-electron chi connectivity index (χ0n) is 6.44. The second kappa shape index (κ2) is 5.17. The summed E-state index contributed by atoms with van der Waals surface area (Å²) < 4.78 is 0. The Morgan fingerprint density at radius 3 is 2.64 bits per heavy atom.